The Balaban J connectivity index is 2.65. The molecular weight excluding hydrogens is 290 g/mol. The van der Waals surface area contributed by atoms with E-state index in [9.17, 15) is 13.2 Å². The van der Waals surface area contributed by atoms with Crippen molar-refractivity contribution >= 4 is 25.6 Å². The summed E-state index contributed by atoms with van der Waals surface area (Å²) >= 11 is 0. The van der Waals surface area contributed by atoms with Crippen molar-refractivity contribution in [2.75, 3.05) is 6.54 Å². The van der Waals surface area contributed by atoms with E-state index in [1.54, 1.807) is 6.92 Å². The third-order valence-corrected chi connectivity index (χ3v) is 3.71. The Morgan fingerprint density at radius 2 is 1.95 bits per heavy atom. The SMILES string of the molecule is CCCNC(=O)C(C)Oc1ccc(S(=O)(=O)Cl)cc1. The predicted molar refractivity (Wildman–Crippen MR) is 72.9 cm³/mol. The van der Waals surface area contributed by atoms with Crippen molar-refractivity contribution in [3.8, 4) is 5.75 Å². The summed E-state index contributed by atoms with van der Waals surface area (Å²) in [7, 11) is 1.45. The molecule has 106 valence electrons. The lowest BCUT2D eigenvalue weighted by Crippen LogP contribution is -2.36. The zero-order valence-electron chi connectivity index (χ0n) is 10.7. The average molecular weight is 306 g/mol. The summed E-state index contributed by atoms with van der Waals surface area (Å²) in [6, 6.07) is 5.57. The van der Waals surface area contributed by atoms with Crippen LogP contribution in [0.25, 0.3) is 0 Å². The van der Waals surface area contributed by atoms with Crippen molar-refractivity contribution in [1.29, 1.82) is 0 Å². The van der Waals surface area contributed by atoms with Crippen LogP contribution in [0, 0.1) is 0 Å². The van der Waals surface area contributed by atoms with Gasteiger partial charge in [-0.1, -0.05) is 6.92 Å². The monoisotopic (exact) mass is 305 g/mol. The number of hydrogen-bond acceptors (Lipinski definition) is 4. The van der Waals surface area contributed by atoms with Gasteiger partial charge in [0.15, 0.2) is 6.10 Å². The van der Waals surface area contributed by atoms with Gasteiger partial charge in [0.05, 0.1) is 4.90 Å². The molecule has 1 rings (SSSR count). The molecule has 19 heavy (non-hydrogen) atoms. The summed E-state index contributed by atoms with van der Waals surface area (Å²) < 4.78 is 27.5. The summed E-state index contributed by atoms with van der Waals surface area (Å²) in [4.78, 5) is 11.6. The van der Waals surface area contributed by atoms with E-state index in [1.165, 1.54) is 24.3 Å². The van der Waals surface area contributed by atoms with Crippen LogP contribution in [0.1, 0.15) is 20.3 Å². The molecule has 0 saturated heterocycles. The second-order valence-corrected chi connectivity index (χ2v) is 6.53. The fourth-order valence-electron chi connectivity index (χ4n) is 1.33. The van der Waals surface area contributed by atoms with Crippen molar-refractivity contribution < 1.29 is 17.9 Å². The van der Waals surface area contributed by atoms with E-state index in [0.717, 1.165) is 6.42 Å². The first-order chi connectivity index (χ1) is 8.84. The van der Waals surface area contributed by atoms with Crippen LogP contribution in [0.4, 0.5) is 0 Å². The smallest absolute Gasteiger partial charge is 0.261 e. The maximum Gasteiger partial charge on any atom is 0.261 e. The van der Waals surface area contributed by atoms with E-state index in [-0.39, 0.29) is 10.8 Å². The average Bonchev–Trinajstić information content (AvgIpc) is 2.35. The summed E-state index contributed by atoms with van der Waals surface area (Å²) in [5, 5.41) is 2.71. The minimum atomic E-state index is -3.74. The highest BCUT2D eigenvalue weighted by atomic mass is 35.7. The maximum absolute atomic E-state index is 11.6. The Hall–Kier alpha value is -1.27. The minimum Gasteiger partial charge on any atom is -0.481 e. The topological polar surface area (TPSA) is 72.5 Å². The number of nitrogens with one attached hydrogen (secondary N) is 1. The molecule has 0 aliphatic rings. The summed E-state index contributed by atoms with van der Waals surface area (Å²) in [5.74, 6) is 0.194. The van der Waals surface area contributed by atoms with Crippen molar-refractivity contribution in [2.24, 2.45) is 0 Å². The predicted octanol–water partition coefficient (Wildman–Crippen LogP) is 1.91. The molecule has 0 saturated carbocycles. The molecule has 0 radical (unpaired) electrons. The molecule has 1 unspecified atom stereocenters. The van der Waals surface area contributed by atoms with Gasteiger partial charge in [0.1, 0.15) is 5.75 Å². The first-order valence-corrected chi connectivity index (χ1v) is 8.14. The van der Waals surface area contributed by atoms with E-state index in [4.69, 9.17) is 15.4 Å². The van der Waals surface area contributed by atoms with E-state index >= 15 is 0 Å². The first kappa shape index (κ1) is 15.8. The van der Waals surface area contributed by atoms with E-state index in [1.807, 2.05) is 6.92 Å². The Bertz CT molecular complexity index is 527. The van der Waals surface area contributed by atoms with E-state index in [0.29, 0.717) is 12.3 Å². The van der Waals surface area contributed by atoms with Crippen molar-refractivity contribution in [1.82, 2.24) is 5.32 Å². The van der Waals surface area contributed by atoms with Crippen molar-refractivity contribution in [3.05, 3.63) is 24.3 Å². The van der Waals surface area contributed by atoms with Crippen molar-refractivity contribution in [2.45, 2.75) is 31.3 Å². The van der Waals surface area contributed by atoms with Gasteiger partial charge in [0, 0.05) is 17.2 Å². The number of benzene rings is 1. The van der Waals surface area contributed by atoms with Gasteiger partial charge >= 0.3 is 0 Å². The lowest BCUT2D eigenvalue weighted by molar-refractivity contribution is -0.127. The van der Waals surface area contributed by atoms with E-state index in [2.05, 4.69) is 5.32 Å². The second-order valence-electron chi connectivity index (χ2n) is 3.96. The zero-order valence-corrected chi connectivity index (χ0v) is 12.3. The van der Waals surface area contributed by atoms with Crippen LogP contribution in [0.15, 0.2) is 29.2 Å². The van der Waals surface area contributed by atoms with Gasteiger partial charge in [-0.2, -0.15) is 0 Å². The Morgan fingerprint density at radius 3 is 2.42 bits per heavy atom. The quantitative estimate of drug-likeness (QED) is 0.815. The molecule has 0 heterocycles. The Labute approximate surface area is 117 Å². The van der Waals surface area contributed by atoms with Crippen LogP contribution >= 0.6 is 10.7 Å². The molecule has 1 N–H and O–H groups in total. The highest BCUT2D eigenvalue weighted by Gasteiger charge is 2.14. The molecule has 1 atom stereocenters. The molecular formula is C12H16ClNO4S. The zero-order chi connectivity index (χ0) is 14.5. The molecule has 0 aliphatic carbocycles. The van der Waals surface area contributed by atoms with Gasteiger partial charge in [0.25, 0.3) is 15.0 Å². The Kier molecular flexibility index (Phi) is 5.62. The molecule has 7 heteroatoms. The van der Waals surface area contributed by atoms with Crippen molar-refractivity contribution in [3.63, 3.8) is 0 Å². The number of carbonyl (C=O) groups is 1. The Morgan fingerprint density at radius 1 is 1.37 bits per heavy atom. The second kappa shape index (κ2) is 6.77. The van der Waals surface area contributed by atoms with Gasteiger partial charge in [-0.05, 0) is 37.6 Å². The number of hydrogen-bond donors (Lipinski definition) is 1. The number of amides is 1. The normalized spacial score (nSPS) is 12.8. The fourth-order valence-corrected chi connectivity index (χ4v) is 2.10. The number of ether oxygens (including phenoxy) is 1. The van der Waals surface area contributed by atoms with Crippen LogP contribution in [-0.4, -0.2) is 27.0 Å². The maximum atomic E-state index is 11.6. The standard InChI is InChI=1S/C12H16ClNO4S/c1-3-8-14-12(15)9(2)18-10-4-6-11(7-5-10)19(13,16)17/h4-7,9H,3,8H2,1-2H3,(H,14,15). The molecule has 1 aromatic carbocycles. The van der Waals surface area contributed by atoms with Gasteiger partial charge in [-0.25, -0.2) is 8.42 Å². The molecule has 0 bridgehead atoms. The van der Waals surface area contributed by atoms with Crippen LogP contribution in [0.3, 0.4) is 0 Å². The summed E-state index contributed by atoms with van der Waals surface area (Å²) in [6.45, 7) is 4.17. The lowest BCUT2D eigenvalue weighted by Gasteiger charge is -2.14. The van der Waals surface area contributed by atoms with Gasteiger partial charge in [-0.15, -0.1) is 0 Å². The highest BCUT2D eigenvalue weighted by Crippen LogP contribution is 2.19. The highest BCUT2D eigenvalue weighted by molar-refractivity contribution is 8.13. The molecule has 0 aliphatic heterocycles. The molecule has 0 fully saturated rings. The molecule has 0 spiro atoms. The van der Waals surface area contributed by atoms with Crippen LogP contribution in [0.5, 0.6) is 5.75 Å². The number of halogens is 1. The largest absolute Gasteiger partial charge is 0.481 e. The van der Waals surface area contributed by atoms with Crippen LogP contribution in [0.2, 0.25) is 0 Å². The minimum absolute atomic E-state index is 0.00963. The van der Waals surface area contributed by atoms with Gasteiger partial charge in [0.2, 0.25) is 0 Å². The fraction of sp³-hybridized carbons (Fsp3) is 0.417. The molecule has 1 amide bonds. The lowest BCUT2D eigenvalue weighted by atomic mass is 10.3. The van der Waals surface area contributed by atoms with Crippen LogP contribution < -0.4 is 10.1 Å². The third-order valence-electron chi connectivity index (χ3n) is 2.34. The number of rotatable bonds is 6. The van der Waals surface area contributed by atoms with Gasteiger partial charge < -0.3 is 10.1 Å². The third kappa shape index (κ3) is 5.08. The van der Waals surface area contributed by atoms with Crippen LogP contribution in [-0.2, 0) is 13.8 Å². The molecule has 0 aromatic heterocycles. The summed E-state index contributed by atoms with van der Waals surface area (Å²) in [6.07, 6.45) is 0.200. The van der Waals surface area contributed by atoms with E-state index < -0.39 is 15.2 Å². The summed E-state index contributed by atoms with van der Waals surface area (Å²) in [5.41, 5.74) is 0. The van der Waals surface area contributed by atoms with Gasteiger partial charge in [-0.3, -0.25) is 4.79 Å². The molecule has 5 nitrogen and oxygen atoms in total. The number of carbonyl (C=O) groups excluding carboxylic acids is 1. The molecule has 1 aromatic rings. The first-order valence-electron chi connectivity index (χ1n) is 5.83.